The molecule has 0 saturated heterocycles. The monoisotopic (exact) mass is 286 g/mol. The maximum absolute atomic E-state index is 5.03. The molecule has 0 spiro atoms. The van der Waals surface area contributed by atoms with E-state index in [-0.39, 0.29) is 0 Å². The largest absolute Gasteiger partial charge is 0.383 e. The molecule has 0 amide bonds. The molecule has 0 aromatic carbocycles. The summed E-state index contributed by atoms with van der Waals surface area (Å²) in [5, 5.41) is 6.50. The Morgan fingerprint density at radius 1 is 1.15 bits per heavy atom. The van der Waals surface area contributed by atoms with Crippen molar-refractivity contribution < 1.29 is 4.74 Å². The normalized spacial score (nSPS) is 12.6. The standard InChI is InChI=1S/C15H34N4O/c1-7-16-15(18-10-12-20-6)17-9-8-11-19(13(2)3)14(4)5/h13-14H,7-12H2,1-6H3,(H2,16,17,18). The summed E-state index contributed by atoms with van der Waals surface area (Å²) in [5.74, 6) is 0.880. The average Bonchev–Trinajstić information content (AvgIpc) is 2.37. The second kappa shape index (κ2) is 12.0. The molecule has 0 aliphatic rings. The van der Waals surface area contributed by atoms with Crippen LogP contribution in [0.4, 0.5) is 0 Å². The first-order chi connectivity index (χ1) is 9.52. The molecule has 0 aromatic rings. The van der Waals surface area contributed by atoms with Crippen molar-refractivity contribution in [1.29, 1.82) is 0 Å². The minimum absolute atomic E-state index is 0.590. The molecule has 0 fully saturated rings. The number of nitrogens with one attached hydrogen (secondary N) is 2. The fraction of sp³-hybridized carbons (Fsp3) is 0.933. The van der Waals surface area contributed by atoms with Gasteiger partial charge in [-0.3, -0.25) is 9.89 Å². The molecular formula is C15H34N4O. The van der Waals surface area contributed by atoms with E-state index in [4.69, 9.17) is 4.74 Å². The highest BCUT2D eigenvalue weighted by atomic mass is 16.5. The number of methoxy groups -OCH3 is 1. The van der Waals surface area contributed by atoms with E-state index >= 15 is 0 Å². The average molecular weight is 286 g/mol. The quantitative estimate of drug-likeness (QED) is 0.364. The van der Waals surface area contributed by atoms with Gasteiger partial charge in [-0.1, -0.05) is 0 Å². The molecule has 0 aliphatic heterocycles. The molecule has 0 radical (unpaired) electrons. The fourth-order valence-corrected chi connectivity index (χ4v) is 2.17. The van der Waals surface area contributed by atoms with Crippen molar-refractivity contribution in [3.63, 3.8) is 0 Å². The van der Waals surface area contributed by atoms with E-state index in [1.807, 2.05) is 0 Å². The third-order valence-corrected chi connectivity index (χ3v) is 3.11. The lowest BCUT2D eigenvalue weighted by molar-refractivity contribution is 0.174. The smallest absolute Gasteiger partial charge is 0.191 e. The maximum Gasteiger partial charge on any atom is 0.191 e. The van der Waals surface area contributed by atoms with Crippen molar-refractivity contribution in [2.45, 2.75) is 53.1 Å². The molecule has 5 nitrogen and oxygen atoms in total. The van der Waals surface area contributed by atoms with Crippen LogP contribution in [0.3, 0.4) is 0 Å². The summed E-state index contributed by atoms with van der Waals surface area (Å²) >= 11 is 0. The van der Waals surface area contributed by atoms with Crippen molar-refractivity contribution in [2.75, 3.05) is 39.9 Å². The lowest BCUT2D eigenvalue weighted by Crippen LogP contribution is -2.39. The predicted molar refractivity (Wildman–Crippen MR) is 87.5 cm³/mol. The van der Waals surface area contributed by atoms with E-state index in [1.54, 1.807) is 7.11 Å². The van der Waals surface area contributed by atoms with Gasteiger partial charge >= 0.3 is 0 Å². The molecule has 0 unspecified atom stereocenters. The minimum atomic E-state index is 0.590. The van der Waals surface area contributed by atoms with Gasteiger partial charge in [0.25, 0.3) is 0 Å². The first-order valence-corrected chi connectivity index (χ1v) is 7.79. The van der Waals surface area contributed by atoms with E-state index < -0.39 is 0 Å². The summed E-state index contributed by atoms with van der Waals surface area (Å²) in [7, 11) is 1.71. The molecule has 2 N–H and O–H groups in total. The van der Waals surface area contributed by atoms with E-state index in [9.17, 15) is 0 Å². The van der Waals surface area contributed by atoms with E-state index in [2.05, 4.69) is 55.1 Å². The Kier molecular flexibility index (Phi) is 11.5. The van der Waals surface area contributed by atoms with Gasteiger partial charge in [-0.15, -0.1) is 0 Å². The molecule has 0 heterocycles. The van der Waals surface area contributed by atoms with Gasteiger partial charge in [0.05, 0.1) is 6.61 Å². The zero-order valence-corrected chi connectivity index (χ0v) is 14.2. The Balaban J connectivity index is 4.08. The molecule has 0 bridgehead atoms. The first-order valence-electron chi connectivity index (χ1n) is 7.79. The minimum Gasteiger partial charge on any atom is -0.383 e. The SMILES string of the molecule is CCNC(=NCCCN(C(C)C)C(C)C)NCCOC. The van der Waals surface area contributed by atoms with Crippen LogP contribution in [0.1, 0.15) is 41.0 Å². The van der Waals surface area contributed by atoms with Crippen LogP contribution in [-0.4, -0.2) is 62.8 Å². The Bertz CT molecular complexity index is 246. The summed E-state index contributed by atoms with van der Waals surface area (Å²) in [6.45, 7) is 15.4. The molecule has 5 heteroatoms. The summed E-state index contributed by atoms with van der Waals surface area (Å²) in [6.07, 6.45) is 1.08. The van der Waals surface area contributed by atoms with Crippen LogP contribution >= 0.6 is 0 Å². The summed E-state index contributed by atoms with van der Waals surface area (Å²) in [4.78, 5) is 7.09. The molecule has 20 heavy (non-hydrogen) atoms. The Labute approximate surface area is 125 Å². The zero-order valence-electron chi connectivity index (χ0n) is 14.2. The van der Waals surface area contributed by atoms with Gasteiger partial charge in [0, 0.05) is 45.4 Å². The number of rotatable bonds is 10. The third-order valence-electron chi connectivity index (χ3n) is 3.11. The lowest BCUT2D eigenvalue weighted by atomic mass is 10.2. The summed E-state index contributed by atoms with van der Waals surface area (Å²) in [5.41, 5.74) is 0. The second-order valence-electron chi connectivity index (χ2n) is 5.46. The van der Waals surface area contributed by atoms with Gasteiger partial charge in [-0.25, -0.2) is 0 Å². The first kappa shape index (κ1) is 19.2. The zero-order chi connectivity index (χ0) is 15.4. The van der Waals surface area contributed by atoms with Crippen LogP contribution in [0.15, 0.2) is 4.99 Å². The van der Waals surface area contributed by atoms with Gasteiger partial charge in [0.2, 0.25) is 0 Å². The van der Waals surface area contributed by atoms with E-state index in [1.165, 1.54) is 0 Å². The molecule has 0 saturated carbocycles. The third kappa shape index (κ3) is 9.15. The summed E-state index contributed by atoms with van der Waals surface area (Å²) < 4.78 is 5.03. The Morgan fingerprint density at radius 3 is 2.30 bits per heavy atom. The second-order valence-corrected chi connectivity index (χ2v) is 5.46. The van der Waals surface area contributed by atoms with Crippen LogP contribution in [-0.2, 0) is 4.74 Å². The molecule has 120 valence electrons. The number of hydrogen-bond donors (Lipinski definition) is 2. The highest BCUT2D eigenvalue weighted by Gasteiger charge is 2.11. The van der Waals surface area contributed by atoms with Crippen molar-refractivity contribution in [2.24, 2.45) is 4.99 Å². The van der Waals surface area contributed by atoms with Crippen molar-refractivity contribution in [3.05, 3.63) is 0 Å². The van der Waals surface area contributed by atoms with Crippen LogP contribution in [0.5, 0.6) is 0 Å². The lowest BCUT2D eigenvalue weighted by Gasteiger charge is -2.30. The van der Waals surface area contributed by atoms with Crippen LogP contribution < -0.4 is 10.6 Å². The highest BCUT2D eigenvalue weighted by Crippen LogP contribution is 2.05. The van der Waals surface area contributed by atoms with Crippen LogP contribution in [0.25, 0.3) is 0 Å². The topological polar surface area (TPSA) is 48.9 Å². The number of nitrogens with zero attached hydrogens (tertiary/aromatic N) is 2. The Morgan fingerprint density at radius 2 is 1.80 bits per heavy atom. The summed E-state index contributed by atoms with van der Waals surface area (Å²) in [6, 6.07) is 1.18. The maximum atomic E-state index is 5.03. The van der Waals surface area contributed by atoms with Gasteiger partial charge in [-0.2, -0.15) is 0 Å². The molecule has 0 atom stereocenters. The molecule has 0 aliphatic carbocycles. The molecule has 0 aromatic heterocycles. The van der Waals surface area contributed by atoms with Crippen LogP contribution in [0.2, 0.25) is 0 Å². The number of ether oxygens (including phenoxy) is 1. The Hall–Kier alpha value is -0.810. The number of hydrogen-bond acceptors (Lipinski definition) is 3. The van der Waals surface area contributed by atoms with Crippen LogP contribution in [0, 0.1) is 0 Å². The van der Waals surface area contributed by atoms with Crippen molar-refractivity contribution in [3.8, 4) is 0 Å². The number of guanidine groups is 1. The molecule has 0 rings (SSSR count). The molecular weight excluding hydrogens is 252 g/mol. The number of aliphatic imine (C=N–C) groups is 1. The van der Waals surface area contributed by atoms with Gasteiger partial charge in [0.1, 0.15) is 0 Å². The van der Waals surface area contributed by atoms with Crippen molar-refractivity contribution >= 4 is 5.96 Å². The van der Waals surface area contributed by atoms with Gasteiger partial charge in [-0.05, 0) is 41.0 Å². The van der Waals surface area contributed by atoms with Gasteiger partial charge in [0.15, 0.2) is 5.96 Å². The predicted octanol–water partition coefficient (Wildman–Crippen LogP) is 1.70. The van der Waals surface area contributed by atoms with E-state index in [0.717, 1.165) is 38.6 Å². The van der Waals surface area contributed by atoms with Gasteiger partial charge < -0.3 is 15.4 Å². The fourth-order valence-electron chi connectivity index (χ4n) is 2.17. The van der Waals surface area contributed by atoms with Crippen molar-refractivity contribution in [1.82, 2.24) is 15.5 Å². The van der Waals surface area contributed by atoms with E-state index in [0.29, 0.717) is 18.7 Å². The highest BCUT2D eigenvalue weighted by molar-refractivity contribution is 5.79.